The number of carboxylic acids is 1. The van der Waals surface area contributed by atoms with Crippen molar-refractivity contribution in [3.63, 3.8) is 0 Å². The number of hydrogen-bond donors (Lipinski definition) is 1. The van der Waals surface area contributed by atoms with Gasteiger partial charge in [0.1, 0.15) is 5.69 Å². The van der Waals surface area contributed by atoms with E-state index in [9.17, 15) is 9.59 Å². The van der Waals surface area contributed by atoms with Gasteiger partial charge in [0, 0.05) is 19.2 Å². The molecule has 2 aromatic rings. The van der Waals surface area contributed by atoms with Gasteiger partial charge in [-0.25, -0.2) is 4.79 Å². The molecule has 0 bridgehead atoms. The van der Waals surface area contributed by atoms with Crippen LogP contribution in [0.5, 0.6) is 0 Å². The van der Waals surface area contributed by atoms with Gasteiger partial charge in [0.2, 0.25) is 0 Å². The van der Waals surface area contributed by atoms with Crippen molar-refractivity contribution in [1.29, 1.82) is 0 Å². The molecule has 1 aromatic heterocycles. The number of aromatic carboxylic acids is 1. The lowest BCUT2D eigenvalue weighted by atomic mass is 10.2. The van der Waals surface area contributed by atoms with Gasteiger partial charge in [-0.1, -0.05) is 30.3 Å². The Labute approximate surface area is 133 Å². The number of rotatable bonds is 6. The second-order valence-corrected chi connectivity index (χ2v) is 5.27. The number of amides is 1. The number of benzene rings is 1. The summed E-state index contributed by atoms with van der Waals surface area (Å²) in [6.45, 7) is 2.40. The third-order valence-corrected chi connectivity index (χ3v) is 3.70. The number of nitrogens with zero attached hydrogens (tertiary/aromatic N) is 3. The van der Waals surface area contributed by atoms with Gasteiger partial charge >= 0.3 is 5.97 Å². The van der Waals surface area contributed by atoms with E-state index in [1.54, 1.807) is 4.90 Å². The summed E-state index contributed by atoms with van der Waals surface area (Å²) in [4.78, 5) is 24.9. The molecular weight excluding hydrogens is 298 g/mol. The van der Waals surface area contributed by atoms with Crippen LogP contribution in [0.4, 0.5) is 0 Å². The van der Waals surface area contributed by atoms with Crippen molar-refractivity contribution in [2.45, 2.75) is 13.2 Å². The maximum atomic E-state index is 12.3. The van der Waals surface area contributed by atoms with Crippen molar-refractivity contribution in [3.05, 3.63) is 53.3 Å². The Balaban J connectivity index is 1.53. The fourth-order valence-electron chi connectivity index (χ4n) is 2.50. The lowest BCUT2D eigenvalue weighted by Crippen LogP contribution is -2.42. The van der Waals surface area contributed by atoms with Gasteiger partial charge in [-0.2, -0.15) is 5.10 Å². The lowest BCUT2D eigenvalue weighted by Gasteiger charge is -2.27. The zero-order valence-electron chi connectivity index (χ0n) is 12.5. The number of fused-ring (bicyclic) bond motifs is 1. The van der Waals surface area contributed by atoms with E-state index >= 15 is 0 Å². The molecule has 1 aliphatic heterocycles. The van der Waals surface area contributed by atoms with Crippen LogP contribution in [0.15, 0.2) is 36.4 Å². The van der Waals surface area contributed by atoms with Crippen molar-refractivity contribution in [2.24, 2.45) is 0 Å². The van der Waals surface area contributed by atoms with Crippen LogP contribution in [0.2, 0.25) is 0 Å². The molecule has 0 atom stereocenters. The van der Waals surface area contributed by atoms with E-state index in [-0.39, 0.29) is 11.6 Å². The highest BCUT2D eigenvalue weighted by Gasteiger charge is 2.27. The molecule has 0 radical (unpaired) electrons. The summed E-state index contributed by atoms with van der Waals surface area (Å²) in [5.74, 6) is -1.34. The molecule has 2 heterocycles. The Hall–Kier alpha value is -2.67. The van der Waals surface area contributed by atoms with Crippen molar-refractivity contribution >= 4 is 11.9 Å². The first-order chi connectivity index (χ1) is 11.1. The SMILES string of the molecule is O=C(O)c1cc2n(n1)CCN(CCOCc1ccccc1)C2=O. The third-order valence-electron chi connectivity index (χ3n) is 3.70. The summed E-state index contributed by atoms with van der Waals surface area (Å²) in [7, 11) is 0. The lowest BCUT2D eigenvalue weighted by molar-refractivity contribution is 0.0556. The molecule has 1 aromatic carbocycles. The van der Waals surface area contributed by atoms with Crippen molar-refractivity contribution < 1.29 is 19.4 Å². The minimum absolute atomic E-state index is 0.101. The molecule has 0 saturated carbocycles. The average molecular weight is 315 g/mol. The van der Waals surface area contributed by atoms with Crippen LogP contribution >= 0.6 is 0 Å². The second kappa shape index (κ2) is 6.62. The van der Waals surface area contributed by atoms with E-state index in [0.29, 0.717) is 38.5 Å². The molecule has 0 unspecified atom stereocenters. The first kappa shape index (κ1) is 15.2. The molecule has 1 amide bonds. The molecule has 120 valence electrons. The normalized spacial score (nSPS) is 13.9. The Morgan fingerprint density at radius 2 is 2.04 bits per heavy atom. The van der Waals surface area contributed by atoms with E-state index < -0.39 is 5.97 Å². The third kappa shape index (κ3) is 3.40. The van der Waals surface area contributed by atoms with Gasteiger partial charge in [-0.15, -0.1) is 0 Å². The Morgan fingerprint density at radius 1 is 1.26 bits per heavy atom. The molecule has 3 rings (SSSR count). The van der Waals surface area contributed by atoms with E-state index in [0.717, 1.165) is 5.56 Å². The number of hydrogen-bond acceptors (Lipinski definition) is 4. The van der Waals surface area contributed by atoms with E-state index in [4.69, 9.17) is 9.84 Å². The molecule has 1 N–H and O–H groups in total. The minimum Gasteiger partial charge on any atom is -0.476 e. The molecular formula is C16H17N3O4. The van der Waals surface area contributed by atoms with Crippen LogP contribution < -0.4 is 0 Å². The van der Waals surface area contributed by atoms with E-state index in [1.165, 1.54) is 10.7 Å². The standard InChI is InChI=1S/C16H17N3O4/c20-15-14-10-13(16(21)22)17-19(14)7-6-18(15)8-9-23-11-12-4-2-1-3-5-12/h1-5,10H,6-9,11H2,(H,21,22). The smallest absolute Gasteiger partial charge is 0.356 e. The predicted octanol–water partition coefficient (Wildman–Crippen LogP) is 1.25. The Bertz CT molecular complexity index is 711. The summed E-state index contributed by atoms with van der Waals surface area (Å²) in [5, 5.41) is 12.9. The quantitative estimate of drug-likeness (QED) is 0.811. The van der Waals surface area contributed by atoms with Gasteiger partial charge in [-0.3, -0.25) is 9.48 Å². The summed E-state index contributed by atoms with van der Waals surface area (Å²) in [6.07, 6.45) is 0. The summed E-state index contributed by atoms with van der Waals surface area (Å²) in [6, 6.07) is 11.1. The highest BCUT2D eigenvalue weighted by molar-refractivity contribution is 5.96. The van der Waals surface area contributed by atoms with Gasteiger partial charge in [0.25, 0.3) is 5.91 Å². The van der Waals surface area contributed by atoms with Crippen molar-refractivity contribution in [1.82, 2.24) is 14.7 Å². The highest BCUT2D eigenvalue weighted by atomic mass is 16.5. The molecule has 23 heavy (non-hydrogen) atoms. The monoisotopic (exact) mass is 315 g/mol. The highest BCUT2D eigenvalue weighted by Crippen LogP contribution is 2.14. The summed E-state index contributed by atoms with van der Waals surface area (Å²) < 4.78 is 7.04. The van der Waals surface area contributed by atoms with Crippen molar-refractivity contribution in [3.8, 4) is 0 Å². The average Bonchev–Trinajstić information content (AvgIpc) is 3.00. The van der Waals surface area contributed by atoms with E-state index in [1.807, 2.05) is 30.3 Å². The number of carboxylic acid groups (broad SMARTS) is 1. The topological polar surface area (TPSA) is 84.7 Å². The van der Waals surface area contributed by atoms with Crippen LogP contribution in [0.1, 0.15) is 26.5 Å². The van der Waals surface area contributed by atoms with Crippen LogP contribution in [-0.4, -0.2) is 51.4 Å². The molecule has 7 nitrogen and oxygen atoms in total. The Kier molecular flexibility index (Phi) is 4.38. The molecule has 7 heteroatoms. The van der Waals surface area contributed by atoms with Gasteiger partial charge in [0.15, 0.2) is 5.69 Å². The molecule has 1 aliphatic rings. The number of carbonyl (C=O) groups excluding carboxylic acids is 1. The molecule has 0 spiro atoms. The van der Waals surface area contributed by atoms with Crippen LogP contribution in [-0.2, 0) is 17.9 Å². The van der Waals surface area contributed by atoms with Gasteiger partial charge in [-0.05, 0) is 5.56 Å². The van der Waals surface area contributed by atoms with Gasteiger partial charge < -0.3 is 14.7 Å². The largest absolute Gasteiger partial charge is 0.476 e. The maximum absolute atomic E-state index is 12.3. The maximum Gasteiger partial charge on any atom is 0.356 e. The molecule has 0 saturated heterocycles. The minimum atomic E-state index is -1.13. The number of aromatic nitrogens is 2. The predicted molar refractivity (Wildman–Crippen MR) is 81.2 cm³/mol. The fraction of sp³-hybridized carbons (Fsp3) is 0.312. The summed E-state index contributed by atoms with van der Waals surface area (Å²) in [5.41, 5.74) is 1.30. The first-order valence-electron chi connectivity index (χ1n) is 7.37. The summed E-state index contributed by atoms with van der Waals surface area (Å²) >= 11 is 0. The van der Waals surface area contributed by atoms with Crippen LogP contribution in [0.25, 0.3) is 0 Å². The van der Waals surface area contributed by atoms with E-state index in [2.05, 4.69) is 5.10 Å². The molecule has 0 fully saturated rings. The second-order valence-electron chi connectivity index (χ2n) is 5.27. The van der Waals surface area contributed by atoms with Crippen LogP contribution in [0, 0.1) is 0 Å². The zero-order chi connectivity index (χ0) is 16.2. The van der Waals surface area contributed by atoms with Crippen molar-refractivity contribution in [2.75, 3.05) is 19.7 Å². The van der Waals surface area contributed by atoms with Crippen LogP contribution in [0.3, 0.4) is 0 Å². The Morgan fingerprint density at radius 3 is 2.78 bits per heavy atom. The fourth-order valence-corrected chi connectivity index (χ4v) is 2.50. The first-order valence-corrected chi connectivity index (χ1v) is 7.37. The van der Waals surface area contributed by atoms with Gasteiger partial charge in [0.05, 0.1) is 19.8 Å². The number of ether oxygens (including phenoxy) is 1. The zero-order valence-corrected chi connectivity index (χ0v) is 12.5. The molecule has 0 aliphatic carbocycles. The number of carbonyl (C=O) groups is 2.